The lowest BCUT2D eigenvalue weighted by molar-refractivity contribution is -0.119. The first-order valence-electron chi connectivity index (χ1n) is 10.9. The van der Waals surface area contributed by atoms with E-state index in [1.807, 2.05) is 26.0 Å². The Hall–Kier alpha value is -2.77. The Bertz CT molecular complexity index is 1180. The largest absolute Gasteiger partial charge is 0.354 e. The number of amides is 1. The van der Waals surface area contributed by atoms with E-state index in [-0.39, 0.29) is 17.3 Å². The molecule has 174 valence electrons. The van der Waals surface area contributed by atoms with Crippen LogP contribution in [0.2, 0.25) is 0 Å². The lowest BCUT2D eigenvalue weighted by Crippen LogP contribution is -2.41. The van der Waals surface area contributed by atoms with Gasteiger partial charge in [0.15, 0.2) is 0 Å². The van der Waals surface area contributed by atoms with E-state index in [0.29, 0.717) is 12.2 Å². The predicted molar refractivity (Wildman–Crippen MR) is 136 cm³/mol. The van der Waals surface area contributed by atoms with Gasteiger partial charge < -0.3 is 5.32 Å². The second kappa shape index (κ2) is 11.4. The maximum atomic E-state index is 13.4. The number of rotatable bonds is 10. The number of thioether (sulfide) groups is 1. The zero-order valence-electron chi connectivity index (χ0n) is 19.2. The number of carbonyl (C=O) groups is 1. The van der Waals surface area contributed by atoms with Crippen LogP contribution in [0, 0.1) is 20.8 Å². The fourth-order valence-corrected chi connectivity index (χ4v) is 5.77. The van der Waals surface area contributed by atoms with Gasteiger partial charge in [-0.25, -0.2) is 8.42 Å². The van der Waals surface area contributed by atoms with Gasteiger partial charge in [-0.2, -0.15) is 0 Å². The van der Waals surface area contributed by atoms with E-state index in [1.165, 1.54) is 14.8 Å². The first-order valence-corrected chi connectivity index (χ1v) is 13.3. The van der Waals surface area contributed by atoms with Crippen LogP contribution < -0.4 is 9.62 Å². The van der Waals surface area contributed by atoms with Crippen molar-refractivity contribution < 1.29 is 13.2 Å². The molecular weight excluding hydrogens is 452 g/mol. The molecule has 0 radical (unpaired) electrons. The van der Waals surface area contributed by atoms with Crippen LogP contribution in [0.1, 0.15) is 23.1 Å². The SMILES string of the molecule is Cc1ccc(SCCCNC(=O)CN(c2ccc(C)cc2C)S(=O)(=O)c2ccccc2)cc1. The highest BCUT2D eigenvalue weighted by molar-refractivity contribution is 7.99. The Morgan fingerprint density at radius 3 is 2.24 bits per heavy atom. The smallest absolute Gasteiger partial charge is 0.264 e. The molecule has 0 fully saturated rings. The molecule has 33 heavy (non-hydrogen) atoms. The lowest BCUT2D eigenvalue weighted by Gasteiger charge is -2.26. The van der Waals surface area contributed by atoms with Crippen LogP contribution in [0.4, 0.5) is 5.69 Å². The Kier molecular flexibility index (Phi) is 8.58. The molecule has 0 bridgehead atoms. The van der Waals surface area contributed by atoms with Crippen molar-refractivity contribution in [3.05, 3.63) is 89.5 Å². The van der Waals surface area contributed by atoms with Gasteiger partial charge in [-0.15, -0.1) is 11.8 Å². The molecule has 5 nitrogen and oxygen atoms in total. The van der Waals surface area contributed by atoms with Gasteiger partial charge in [0.1, 0.15) is 6.54 Å². The van der Waals surface area contributed by atoms with Crippen LogP contribution in [-0.2, 0) is 14.8 Å². The molecule has 7 heteroatoms. The molecule has 0 unspecified atom stereocenters. The molecule has 0 aliphatic rings. The molecule has 0 spiro atoms. The van der Waals surface area contributed by atoms with Crippen molar-refractivity contribution in [2.75, 3.05) is 23.1 Å². The Morgan fingerprint density at radius 1 is 0.909 bits per heavy atom. The Balaban J connectivity index is 1.65. The van der Waals surface area contributed by atoms with Gasteiger partial charge in [0.25, 0.3) is 10.0 Å². The van der Waals surface area contributed by atoms with Crippen molar-refractivity contribution in [3.8, 4) is 0 Å². The van der Waals surface area contributed by atoms with E-state index < -0.39 is 10.0 Å². The Morgan fingerprint density at radius 2 is 1.58 bits per heavy atom. The fraction of sp³-hybridized carbons (Fsp3) is 0.269. The molecule has 3 rings (SSSR count). The third kappa shape index (κ3) is 6.85. The highest BCUT2D eigenvalue weighted by Crippen LogP contribution is 2.27. The molecule has 0 atom stereocenters. The van der Waals surface area contributed by atoms with Gasteiger partial charge in [-0.3, -0.25) is 9.10 Å². The summed E-state index contributed by atoms with van der Waals surface area (Å²) in [5.74, 6) is 0.543. The molecular formula is C26H30N2O3S2. The monoisotopic (exact) mass is 482 g/mol. The number of benzene rings is 3. The van der Waals surface area contributed by atoms with Gasteiger partial charge in [-0.05, 0) is 68.8 Å². The summed E-state index contributed by atoms with van der Waals surface area (Å²) in [5, 5.41) is 2.87. The summed E-state index contributed by atoms with van der Waals surface area (Å²) in [6.45, 7) is 6.09. The molecule has 0 saturated heterocycles. The number of anilines is 1. The average molecular weight is 483 g/mol. The van der Waals surface area contributed by atoms with E-state index in [2.05, 4.69) is 36.5 Å². The van der Waals surface area contributed by atoms with Crippen molar-refractivity contribution in [1.29, 1.82) is 0 Å². The van der Waals surface area contributed by atoms with Crippen LogP contribution in [0.25, 0.3) is 0 Å². The number of nitrogens with one attached hydrogen (secondary N) is 1. The second-order valence-electron chi connectivity index (χ2n) is 7.98. The standard InChI is InChI=1S/C26H30N2O3S2/c1-20-10-13-23(14-11-20)32-17-7-16-27-26(29)19-28(25-15-12-21(2)18-22(25)3)33(30,31)24-8-5-4-6-9-24/h4-6,8-15,18H,7,16-17,19H2,1-3H3,(H,27,29). The summed E-state index contributed by atoms with van der Waals surface area (Å²) in [6, 6.07) is 22.1. The van der Waals surface area contributed by atoms with Crippen molar-refractivity contribution in [1.82, 2.24) is 5.32 Å². The van der Waals surface area contributed by atoms with E-state index in [9.17, 15) is 13.2 Å². The molecule has 1 N–H and O–H groups in total. The summed E-state index contributed by atoms with van der Waals surface area (Å²) in [6.07, 6.45) is 0.791. The molecule has 0 aromatic heterocycles. The predicted octanol–water partition coefficient (Wildman–Crippen LogP) is 5.11. The average Bonchev–Trinajstić information content (AvgIpc) is 2.79. The normalized spacial score (nSPS) is 11.2. The highest BCUT2D eigenvalue weighted by Gasteiger charge is 2.28. The first kappa shape index (κ1) is 24.9. The highest BCUT2D eigenvalue weighted by atomic mass is 32.2. The molecule has 1 amide bonds. The van der Waals surface area contributed by atoms with Crippen LogP contribution >= 0.6 is 11.8 Å². The topological polar surface area (TPSA) is 66.5 Å². The zero-order valence-corrected chi connectivity index (χ0v) is 20.9. The van der Waals surface area contributed by atoms with Gasteiger partial charge in [0, 0.05) is 11.4 Å². The molecule has 0 saturated carbocycles. The van der Waals surface area contributed by atoms with Gasteiger partial charge in [-0.1, -0.05) is 53.6 Å². The maximum Gasteiger partial charge on any atom is 0.264 e. The first-order chi connectivity index (χ1) is 15.8. The number of hydrogen-bond acceptors (Lipinski definition) is 4. The minimum Gasteiger partial charge on any atom is -0.354 e. The zero-order chi connectivity index (χ0) is 23.8. The summed E-state index contributed by atoms with van der Waals surface area (Å²) >= 11 is 1.74. The van der Waals surface area contributed by atoms with Crippen molar-refractivity contribution >= 4 is 33.4 Å². The van der Waals surface area contributed by atoms with E-state index in [1.54, 1.807) is 48.2 Å². The van der Waals surface area contributed by atoms with Gasteiger partial charge in [0.2, 0.25) is 5.91 Å². The number of hydrogen-bond donors (Lipinski definition) is 1. The van der Waals surface area contributed by atoms with Crippen molar-refractivity contribution in [2.24, 2.45) is 0 Å². The quantitative estimate of drug-likeness (QED) is 0.322. The maximum absolute atomic E-state index is 13.4. The van der Waals surface area contributed by atoms with Crippen molar-refractivity contribution in [2.45, 2.75) is 37.0 Å². The van der Waals surface area contributed by atoms with Crippen molar-refractivity contribution in [3.63, 3.8) is 0 Å². The van der Waals surface area contributed by atoms with Gasteiger partial charge >= 0.3 is 0 Å². The number of carbonyl (C=O) groups excluding carboxylic acids is 1. The molecule has 3 aromatic carbocycles. The Labute approximate surface area is 201 Å². The van der Waals surface area contributed by atoms with E-state index in [0.717, 1.165) is 23.3 Å². The third-order valence-electron chi connectivity index (χ3n) is 5.17. The van der Waals surface area contributed by atoms with Crippen LogP contribution in [0.15, 0.2) is 82.6 Å². The second-order valence-corrected chi connectivity index (χ2v) is 11.0. The van der Waals surface area contributed by atoms with E-state index >= 15 is 0 Å². The van der Waals surface area contributed by atoms with E-state index in [4.69, 9.17) is 0 Å². The van der Waals surface area contributed by atoms with Crippen LogP contribution in [0.5, 0.6) is 0 Å². The summed E-state index contributed by atoms with van der Waals surface area (Å²) in [7, 11) is -3.89. The van der Waals surface area contributed by atoms with Crippen LogP contribution in [0.3, 0.4) is 0 Å². The minimum absolute atomic E-state index is 0.160. The number of aryl methyl sites for hydroxylation is 3. The molecule has 0 heterocycles. The van der Waals surface area contributed by atoms with Crippen LogP contribution in [-0.4, -0.2) is 33.2 Å². The number of sulfonamides is 1. The number of nitrogens with zero attached hydrogens (tertiary/aromatic N) is 1. The fourth-order valence-electron chi connectivity index (χ4n) is 3.42. The summed E-state index contributed by atoms with van der Waals surface area (Å²) < 4.78 is 28.0. The molecule has 0 aliphatic carbocycles. The third-order valence-corrected chi connectivity index (χ3v) is 8.04. The van der Waals surface area contributed by atoms with Gasteiger partial charge in [0.05, 0.1) is 10.6 Å². The summed E-state index contributed by atoms with van der Waals surface area (Å²) in [4.78, 5) is 14.1. The minimum atomic E-state index is -3.89. The molecule has 0 aliphatic heterocycles. The lowest BCUT2D eigenvalue weighted by atomic mass is 10.1. The molecule has 3 aromatic rings. The summed E-state index contributed by atoms with van der Waals surface area (Å²) in [5.41, 5.74) is 3.57.